The van der Waals surface area contributed by atoms with Gasteiger partial charge in [-0.15, -0.1) is 5.73 Å². The van der Waals surface area contributed by atoms with Gasteiger partial charge in [-0.25, -0.2) is 0 Å². The second kappa shape index (κ2) is 6.48. The Morgan fingerprint density at radius 3 is 1.95 bits per heavy atom. The van der Waals surface area contributed by atoms with E-state index >= 15 is 0 Å². The molecule has 0 aromatic heterocycles. The third kappa shape index (κ3) is 3.77. The average molecular weight is 252 g/mol. The van der Waals surface area contributed by atoms with Crippen LogP contribution in [0.25, 0.3) is 12.2 Å². The molecule has 0 unspecified atom stereocenters. The van der Waals surface area contributed by atoms with E-state index in [-0.39, 0.29) is 0 Å². The molecular formula is C17H16O2. The minimum absolute atomic E-state index is 0.770. The van der Waals surface area contributed by atoms with E-state index < -0.39 is 0 Å². The second-order valence-electron chi connectivity index (χ2n) is 4.01. The van der Waals surface area contributed by atoms with Gasteiger partial charge >= 0.3 is 0 Å². The van der Waals surface area contributed by atoms with Gasteiger partial charge in [0, 0.05) is 6.07 Å². The number of hydrogen-bond acceptors (Lipinski definition) is 2. The molecule has 0 bridgehead atoms. The summed E-state index contributed by atoms with van der Waals surface area (Å²) in [5.74, 6) is 1.54. The zero-order valence-electron chi connectivity index (χ0n) is 11.1. The van der Waals surface area contributed by atoms with Gasteiger partial charge in [0.25, 0.3) is 0 Å². The van der Waals surface area contributed by atoms with Crippen molar-refractivity contribution in [3.05, 3.63) is 65.4 Å². The molecule has 0 aliphatic rings. The van der Waals surface area contributed by atoms with Crippen molar-refractivity contribution in [2.24, 2.45) is 0 Å². The molecule has 0 spiro atoms. The van der Waals surface area contributed by atoms with Gasteiger partial charge < -0.3 is 9.47 Å². The molecule has 0 fully saturated rings. The molecule has 2 aromatic carbocycles. The number of benzene rings is 2. The van der Waals surface area contributed by atoms with Crippen LogP contribution >= 0.6 is 0 Å². The summed E-state index contributed by atoms with van der Waals surface area (Å²) in [6, 6.07) is 15.8. The minimum atomic E-state index is 0.770. The topological polar surface area (TPSA) is 18.5 Å². The third-order valence-electron chi connectivity index (χ3n) is 2.67. The highest BCUT2D eigenvalue weighted by atomic mass is 16.5. The van der Waals surface area contributed by atoms with Gasteiger partial charge in [0.05, 0.1) is 14.2 Å². The summed E-state index contributed by atoms with van der Waals surface area (Å²) in [5.41, 5.74) is 5.27. The second-order valence-corrected chi connectivity index (χ2v) is 4.01. The van der Waals surface area contributed by atoms with E-state index in [9.17, 15) is 0 Å². The normalized spacial score (nSPS) is 9.37. The van der Waals surface area contributed by atoms with E-state index in [1.165, 1.54) is 0 Å². The lowest BCUT2D eigenvalue weighted by molar-refractivity contribution is 0.394. The van der Waals surface area contributed by atoms with E-state index in [2.05, 4.69) is 5.73 Å². The number of ether oxygens (including phenoxy) is 2. The van der Waals surface area contributed by atoms with Crippen LogP contribution in [0.3, 0.4) is 0 Å². The molecule has 0 atom stereocenters. The van der Waals surface area contributed by atoms with Crippen LogP contribution in [-0.4, -0.2) is 14.2 Å². The van der Waals surface area contributed by atoms with Gasteiger partial charge in [0.2, 0.25) is 0 Å². The molecule has 0 N–H and O–H groups in total. The largest absolute Gasteiger partial charge is 0.497 e. The standard InChI is InChI=1S/C17H16O2/c1-18-16-11-15(12-17(13-16)19-2)10-6-9-14-7-4-3-5-8-14/h3-5,7-13H,1-2H3. The molecule has 0 aliphatic heterocycles. The summed E-state index contributed by atoms with van der Waals surface area (Å²) in [6.07, 6.45) is 3.84. The van der Waals surface area contributed by atoms with Crippen molar-refractivity contribution in [3.63, 3.8) is 0 Å². The van der Waals surface area contributed by atoms with Crippen LogP contribution in [0.1, 0.15) is 11.1 Å². The Balaban J connectivity index is 2.25. The third-order valence-corrected chi connectivity index (χ3v) is 2.67. The molecule has 0 radical (unpaired) electrons. The quantitative estimate of drug-likeness (QED) is 0.765. The van der Waals surface area contributed by atoms with E-state index in [1.807, 2.05) is 60.7 Å². The summed E-state index contributed by atoms with van der Waals surface area (Å²) < 4.78 is 10.4. The van der Waals surface area contributed by atoms with Crippen LogP contribution in [0.2, 0.25) is 0 Å². The molecule has 2 aromatic rings. The van der Waals surface area contributed by atoms with Crippen molar-refractivity contribution >= 4 is 12.2 Å². The monoisotopic (exact) mass is 252 g/mol. The summed E-state index contributed by atoms with van der Waals surface area (Å²) >= 11 is 0. The Bertz CT molecular complexity index is 572. The summed E-state index contributed by atoms with van der Waals surface area (Å²) in [5, 5.41) is 0. The van der Waals surface area contributed by atoms with Crippen LogP contribution in [0, 0.1) is 0 Å². The van der Waals surface area contributed by atoms with Crippen molar-refractivity contribution in [1.29, 1.82) is 0 Å². The highest BCUT2D eigenvalue weighted by Gasteiger charge is 1.98. The lowest BCUT2D eigenvalue weighted by Crippen LogP contribution is -1.87. The molecule has 0 saturated carbocycles. The smallest absolute Gasteiger partial charge is 0.123 e. The summed E-state index contributed by atoms with van der Waals surface area (Å²) in [7, 11) is 3.28. The number of rotatable bonds is 4. The predicted molar refractivity (Wildman–Crippen MR) is 78.4 cm³/mol. The fourth-order valence-corrected chi connectivity index (χ4v) is 1.70. The molecule has 19 heavy (non-hydrogen) atoms. The van der Waals surface area contributed by atoms with E-state index in [1.54, 1.807) is 14.2 Å². The first-order valence-corrected chi connectivity index (χ1v) is 6.02. The Morgan fingerprint density at radius 2 is 1.37 bits per heavy atom. The Labute approximate surface area is 113 Å². The molecule has 0 saturated heterocycles. The van der Waals surface area contributed by atoms with Crippen LogP contribution in [0.5, 0.6) is 11.5 Å². The molecule has 2 rings (SSSR count). The Kier molecular flexibility index (Phi) is 4.44. The maximum Gasteiger partial charge on any atom is 0.123 e. The van der Waals surface area contributed by atoms with Gasteiger partial charge in [-0.05, 0) is 35.4 Å². The minimum Gasteiger partial charge on any atom is -0.497 e. The van der Waals surface area contributed by atoms with Gasteiger partial charge in [-0.2, -0.15) is 0 Å². The van der Waals surface area contributed by atoms with Crippen LogP contribution in [0.4, 0.5) is 0 Å². The Hall–Kier alpha value is -2.44. The SMILES string of the molecule is COc1cc(C=C=Cc2ccccc2)cc(OC)c1. The van der Waals surface area contributed by atoms with Crippen molar-refractivity contribution in [2.75, 3.05) is 14.2 Å². The van der Waals surface area contributed by atoms with E-state index in [0.29, 0.717) is 0 Å². The molecule has 0 heterocycles. The molecule has 96 valence electrons. The van der Waals surface area contributed by atoms with Crippen molar-refractivity contribution in [2.45, 2.75) is 0 Å². The predicted octanol–water partition coefficient (Wildman–Crippen LogP) is 4.03. The fraction of sp³-hybridized carbons (Fsp3) is 0.118. The zero-order chi connectivity index (χ0) is 13.5. The molecular weight excluding hydrogens is 236 g/mol. The maximum absolute atomic E-state index is 5.22. The number of hydrogen-bond donors (Lipinski definition) is 0. The maximum atomic E-state index is 5.22. The lowest BCUT2D eigenvalue weighted by atomic mass is 10.2. The Morgan fingerprint density at radius 1 is 0.789 bits per heavy atom. The zero-order valence-corrected chi connectivity index (χ0v) is 11.1. The van der Waals surface area contributed by atoms with Gasteiger partial charge in [-0.1, -0.05) is 30.3 Å². The average Bonchev–Trinajstić information content (AvgIpc) is 2.48. The summed E-state index contributed by atoms with van der Waals surface area (Å²) in [6.45, 7) is 0. The van der Waals surface area contributed by atoms with E-state index in [4.69, 9.17) is 9.47 Å². The van der Waals surface area contributed by atoms with Crippen molar-refractivity contribution < 1.29 is 9.47 Å². The van der Waals surface area contributed by atoms with Crippen molar-refractivity contribution in [1.82, 2.24) is 0 Å². The van der Waals surface area contributed by atoms with Gasteiger partial charge in [0.15, 0.2) is 0 Å². The van der Waals surface area contributed by atoms with Crippen molar-refractivity contribution in [3.8, 4) is 11.5 Å². The van der Waals surface area contributed by atoms with Crippen LogP contribution in [-0.2, 0) is 0 Å². The van der Waals surface area contributed by atoms with Crippen LogP contribution in [0.15, 0.2) is 54.3 Å². The van der Waals surface area contributed by atoms with E-state index in [0.717, 1.165) is 22.6 Å². The molecule has 2 heteroatoms. The highest BCUT2D eigenvalue weighted by Crippen LogP contribution is 2.23. The molecule has 0 amide bonds. The fourth-order valence-electron chi connectivity index (χ4n) is 1.70. The highest BCUT2D eigenvalue weighted by molar-refractivity contribution is 5.60. The first kappa shape index (κ1) is 13.0. The van der Waals surface area contributed by atoms with Gasteiger partial charge in [0.1, 0.15) is 11.5 Å². The van der Waals surface area contributed by atoms with Gasteiger partial charge in [-0.3, -0.25) is 0 Å². The molecule has 0 aliphatic carbocycles. The molecule has 2 nitrogen and oxygen atoms in total. The van der Waals surface area contributed by atoms with Crippen LogP contribution < -0.4 is 9.47 Å². The first-order chi connectivity index (χ1) is 9.31. The number of methoxy groups -OCH3 is 2. The lowest BCUT2D eigenvalue weighted by Gasteiger charge is -2.05. The first-order valence-electron chi connectivity index (χ1n) is 6.02. The summed E-state index contributed by atoms with van der Waals surface area (Å²) in [4.78, 5) is 0.